The van der Waals surface area contributed by atoms with Gasteiger partial charge in [-0.25, -0.2) is 4.98 Å². The Hall–Kier alpha value is -3.55. The van der Waals surface area contributed by atoms with Gasteiger partial charge in [0.1, 0.15) is 12.9 Å². The van der Waals surface area contributed by atoms with Gasteiger partial charge in [0.25, 0.3) is 0 Å². The predicted molar refractivity (Wildman–Crippen MR) is 121 cm³/mol. The maximum atomic E-state index is 13.0. The average Bonchev–Trinajstić information content (AvgIpc) is 2.77. The van der Waals surface area contributed by atoms with Crippen molar-refractivity contribution in [1.82, 2.24) is 9.55 Å². The fraction of sp³-hybridized carbons (Fsp3) is 0.318. The fourth-order valence-corrected chi connectivity index (χ4v) is 3.97. The third-order valence-electron chi connectivity index (χ3n) is 5.55. The minimum atomic E-state index is -0.0976. The van der Waals surface area contributed by atoms with Gasteiger partial charge in [-0.3, -0.25) is 4.79 Å². The lowest BCUT2D eigenvalue weighted by molar-refractivity contribution is 0.213. The van der Waals surface area contributed by atoms with Crippen molar-refractivity contribution in [2.24, 2.45) is 12.2 Å². The van der Waals surface area contributed by atoms with E-state index in [1.54, 1.807) is 19.2 Å². The summed E-state index contributed by atoms with van der Waals surface area (Å²) in [7, 11) is 3.39. The first-order valence-corrected chi connectivity index (χ1v) is 9.91. The summed E-state index contributed by atoms with van der Waals surface area (Å²) in [4.78, 5) is 26.8. The molecule has 0 radical (unpaired) electrons. The molecule has 0 saturated carbocycles. The van der Waals surface area contributed by atoms with Crippen molar-refractivity contribution >= 4 is 33.8 Å². The molecule has 0 atom stereocenters. The Morgan fingerprint density at radius 1 is 1.17 bits per heavy atom. The van der Waals surface area contributed by atoms with Gasteiger partial charge in [0.2, 0.25) is 0 Å². The topological polar surface area (TPSA) is 89.0 Å². The summed E-state index contributed by atoms with van der Waals surface area (Å²) < 4.78 is 1.94. The number of nitrogens with zero attached hydrogens (tertiary/aromatic N) is 5. The fourth-order valence-electron chi connectivity index (χ4n) is 3.97. The van der Waals surface area contributed by atoms with Crippen LogP contribution in [0.1, 0.15) is 12.5 Å². The van der Waals surface area contributed by atoms with Gasteiger partial charge in [0.05, 0.1) is 28.2 Å². The number of oxime groups is 1. The van der Waals surface area contributed by atoms with Gasteiger partial charge in [-0.2, -0.15) is 0 Å². The molecule has 0 spiro atoms. The minimum Gasteiger partial charge on any atom is -0.399 e. The van der Waals surface area contributed by atoms with Crippen molar-refractivity contribution in [3.8, 4) is 0 Å². The van der Waals surface area contributed by atoms with E-state index < -0.39 is 0 Å². The van der Waals surface area contributed by atoms with E-state index >= 15 is 0 Å². The van der Waals surface area contributed by atoms with Gasteiger partial charge < -0.3 is 24.9 Å². The highest BCUT2D eigenvalue weighted by Gasteiger charge is 2.21. The van der Waals surface area contributed by atoms with Crippen LogP contribution in [0.2, 0.25) is 0 Å². The van der Waals surface area contributed by atoms with Crippen molar-refractivity contribution in [2.75, 3.05) is 48.8 Å². The van der Waals surface area contributed by atoms with E-state index in [0.717, 1.165) is 43.2 Å². The number of hydrogen-bond donors (Lipinski definition) is 1. The van der Waals surface area contributed by atoms with Gasteiger partial charge in [0.15, 0.2) is 5.43 Å². The van der Waals surface area contributed by atoms with Crippen LogP contribution in [0.15, 0.2) is 52.7 Å². The molecule has 0 unspecified atom stereocenters. The lowest BCUT2D eigenvalue weighted by atomic mass is 10.1. The first-order valence-electron chi connectivity index (χ1n) is 9.91. The van der Waals surface area contributed by atoms with Crippen LogP contribution >= 0.6 is 0 Å². The van der Waals surface area contributed by atoms with E-state index in [1.807, 2.05) is 42.1 Å². The lowest BCUT2D eigenvalue weighted by Gasteiger charge is -2.37. The molecule has 156 valence electrons. The van der Waals surface area contributed by atoms with Gasteiger partial charge in [0, 0.05) is 51.0 Å². The number of aromatic nitrogens is 2. The maximum absolute atomic E-state index is 13.0. The van der Waals surface area contributed by atoms with Gasteiger partial charge in [-0.05, 0) is 31.2 Å². The molecule has 2 N–H and O–H groups in total. The number of pyridine rings is 2. The molecule has 1 aliphatic heterocycles. The van der Waals surface area contributed by atoms with Crippen molar-refractivity contribution in [1.29, 1.82) is 0 Å². The van der Waals surface area contributed by atoms with Crippen LogP contribution in [0.3, 0.4) is 0 Å². The predicted octanol–water partition coefficient (Wildman–Crippen LogP) is 2.21. The molecule has 1 fully saturated rings. The smallest absolute Gasteiger partial charge is 0.198 e. The van der Waals surface area contributed by atoms with E-state index in [4.69, 9.17) is 10.6 Å². The summed E-state index contributed by atoms with van der Waals surface area (Å²) in [6.07, 6.45) is 3.61. The van der Waals surface area contributed by atoms with Gasteiger partial charge >= 0.3 is 0 Å². The molecule has 4 rings (SSSR count). The van der Waals surface area contributed by atoms with Crippen molar-refractivity contribution in [3.05, 3.63) is 58.5 Å². The number of nitrogens with two attached hydrogens (primary N) is 1. The highest BCUT2D eigenvalue weighted by atomic mass is 16.6. The normalized spacial score (nSPS) is 15.0. The van der Waals surface area contributed by atoms with Crippen molar-refractivity contribution in [3.63, 3.8) is 0 Å². The van der Waals surface area contributed by atoms with Crippen LogP contribution < -0.4 is 21.0 Å². The highest BCUT2D eigenvalue weighted by molar-refractivity contribution is 6.01. The number of aryl methyl sites for hydroxylation is 1. The number of fused-ring (bicyclic) bond motifs is 1. The van der Waals surface area contributed by atoms with Gasteiger partial charge in [-0.15, -0.1) is 0 Å². The lowest BCUT2D eigenvalue weighted by Crippen LogP contribution is -2.47. The van der Waals surface area contributed by atoms with E-state index in [1.165, 1.54) is 7.11 Å². The zero-order chi connectivity index (χ0) is 21.3. The molecule has 8 heteroatoms. The Balaban J connectivity index is 1.66. The van der Waals surface area contributed by atoms with Crippen LogP contribution in [0, 0.1) is 0 Å². The van der Waals surface area contributed by atoms with Crippen LogP contribution in [0.5, 0.6) is 0 Å². The Kier molecular flexibility index (Phi) is 5.31. The number of anilines is 3. The average molecular weight is 406 g/mol. The SMILES string of the molecule is CO/N=C(\C)c1cn(C)c2cc(N3CCN(c4ccccn4)CC3)c(N)cc2c1=O. The Morgan fingerprint density at radius 2 is 1.90 bits per heavy atom. The molecule has 3 heterocycles. The first-order chi connectivity index (χ1) is 14.5. The molecule has 1 saturated heterocycles. The van der Waals surface area contributed by atoms with Crippen molar-refractivity contribution in [2.45, 2.75) is 6.92 Å². The highest BCUT2D eigenvalue weighted by Crippen LogP contribution is 2.29. The molecule has 0 bridgehead atoms. The van der Waals surface area contributed by atoms with Crippen LogP contribution in [0.4, 0.5) is 17.2 Å². The molecule has 1 aliphatic rings. The molecule has 0 aliphatic carbocycles. The van der Waals surface area contributed by atoms with Crippen LogP contribution in [0.25, 0.3) is 10.9 Å². The van der Waals surface area contributed by atoms with E-state index in [2.05, 4.69) is 19.9 Å². The summed E-state index contributed by atoms with van der Waals surface area (Å²) in [5, 5.41) is 4.48. The van der Waals surface area contributed by atoms with E-state index in [9.17, 15) is 4.79 Å². The van der Waals surface area contributed by atoms with Gasteiger partial charge in [-0.1, -0.05) is 11.2 Å². The zero-order valence-corrected chi connectivity index (χ0v) is 17.5. The zero-order valence-electron chi connectivity index (χ0n) is 17.5. The first kappa shape index (κ1) is 19.8. The van der Waals surface area contributed by atoms with E-state index in [0.29, 0.717) is 22.3 Å². The second kappa shape index (κ2) is 8.06. The molecular weight excluding hydrogens is 380 g/mol. The molecule has 0 amide bonds. The standard InChI is InChI=1S/C22H26N6O2/c1-15(25-30-3)17-14-26(2)19-13-20(18(23)12-16(19)22(17)29)27-8-10-28(11-9-27)21-6-4-5-7-24-21/h4-7,12-14H,8-11,23H2,1-3H3/b25-15+. The molecule has 8 nitrogen and oxygen atoms in total. The number of hydrogen-bond acceptors (Lipinski definition) is 7. The maximum Gasteiger partial charge on any atom is 0.198 e. The Labute approximate surface area is 175 Å². The quantitative estimate of drug-likeness (QED) is 0.406. The molecule has 3 aromatic rings. The third-order valence-corrected chi connectivity index (χ3v) is 5.55. The largest absolute Gasteiger partial charge is 0.399 e. The minimum absolute atomic E-state index is 0.0976. The summed E-state index contributed by atoms with van der Waals surface area (Å²) in [6.45, 7) is 5.14. The van der Waals surface area contributed by atoms with Crippen molar-refractivity contribution < 1.29 is 4.84 Å². The van der Waals surface area contributed by atoms with Crippen LogP contribution in [-0.4, -0.2) is 48.6 Å². The molecule has 1 aromatic carbocycles. The summed E-state index contributed by atoms with van der Waals surface area (Å²) in [5.74, 6) is 0.992. The number of piperazine rings is 1. The number of rotatable bonds is 4. The van der Waals surface area contributed by atoms with Crippen LogP contribution in [-0.2, 0) is 11.9 Å². The third kappa shape index (κ3) is 3.56. The number of benzene rings is 1. The second-order valence-corrected chi connectivity index (χ2v) is 7.43. The second-order valence-electron chi connectivity index (χ2n) is 7.43. The summed E-state index contributed by atoms with van der Waals surface area (Å²) >= 11 is 0. The van der Waals surface area contributed by atoms with E-state index in [-0.39, 0.29) is 5.43 Å². The summed E-state index contributed by atoms with van der Waals surface area (Å²) in [6, 6.07) is 9.75. The molecule has 30 heavy (non-hydrogen) atoms. The Morgan fingerprint density at radius 3 is 2.57 bits per heavy atom. The Bertz CT molecular complexity index is 1150. The molecular formula is C22H26N6O2. The monoisotopic (exact) mass is 406 g/mol. The summed E-state index contributed by atoms with van der Waals surface area (Å²) in [5.41, 5.74) is 9.73. The molecule has 2 aromatic heterocycles. The number of nitrogen functional groups attached to an aromatic ring is 1.